The summed E-state index contributed by atoms with van der Waals surface area (Å²) in [5, 5.41) is 6.46. The molecule has 0 aliphatic carbocycles. The number of anilines is 3. The molecule has 7 heteroatoms. The highest BCUT2D eigenvalue weighted by Gasteiger charge is 2.07. The molecule has 0 aliphatic heterocycles. The molecule has 114 valence electrons. The first-order chi connectivity index (χ1) is 9.52. The third-order valence-electron chi connectivity index (χ3n) is 2.62. The maximum Gasteiger partial charge on any atom is 0.231 e. The lowest BCUT2D eigenvalue weighted by molar-refractivity contribution is 0.405. The first kappa shape index (κ1) is 16.4. The summed E-state index contributed by atoms with van der Waals surface area (Å²) in [5.41, 5.74) is 0. The molecule has 0 aromatic carbocycles. The first-order valence-corrected chi connectivity index (χ1v) is 7.08. The second-order valence-electron chi connectivity index (χ2n) is 5.19. The van der Waals surface area contributed by atoms with Gasteiger partial charge in [0.05, 0.1) is 0 Å². The zero-order valence-corrected chi connectivity index (χ0v) is 13.3. The molecular formula is C13H27N7. The van der Waals surface area contributed by atoms with Crippen molar-refractivity contribution in [1.82, 2.24) is 19.9 Å². The molecule has 0 atom stereocenters. The average Bonchev–Trinajstić information content (AvgIpc) is 2.41. The summed E-state index contributed by atoms with van der Waals surface area (Å²) >= 11 is 0. The van der Waals surface area contributed by atoms with Crippen LogP contribution in [0.5, 0.6) is 0 Å². The van der Waals surface area contributed by atoms with Crippen LogP contribution in [-0.4, -0.2) is 67.7 Å². The topological polar surface area (TPSA) is 69.2 Å². The molecule has 1 heterocycles. The maximum absolute atomic E-state index is 4.40. The standard InChI is InChI=1S/C13H27N7/c1-6-8-14-11-16-12(15-9-7-10-19(2)3)18-13(17-11)20(4)5/h6-10H2,1-5H3,(H2,14,15,16,17,18). The van der Waals surface area contributed by atoms with Gasteiger partial charge in [-0.2, -0.15) is 15.0 Å². The molecule has 0 amide bonds. The highest BCUT2D eigenvalue weighted by Crippen LogP contribution is 2.11. The van der Waals surface area contributed by atoms with Gasteiger partial charge in [0.15, 0.2) is 0 Å². The van der Waals surface area contributed by atoms with Crippen LogP contribution >= 0.6 is 0 Å². The smallest absolute Gasteiger partial charge is 0.231 e. The van der Waals surface area contributed by atoms with E-state index in [2.05, 4.69) is 51.5 Å². The summed E-state index contributed by atoms with van der Waals surface area (Å²) in [6, 6.07) is 0. The van der Waals surface area contributed by atoms with Crippen LogP contribution in [0.2, 0.25) is 0 Å². The highest BCUT2D eigenvalue weighted by atomic mass is 15.3. The summed E-state index contributed by atoms with van der Waals surface area (Å²) in [5.74, 6) is 1.91. The molecule has 1 aromatic heterocycles. The minimum Gasteiger partial charge on any atom is -0.354 e. The Morgan fingerprint density at radius 1 is 0.900 bits per heavy atom. The summed E-state index contributed by atoms with van der Waals surface area (Å²) in [7, 11) is 7.99. The van der Waals surface area contributed by atoms with Crippen molar-refractivity contribution in [2.75, 3.05) is 63.4 Å². The van der Waals surface area contributed by atoms with Gasteiger partial charge in [-0.15, -0.1) is 0 Å². The molecule has 0 aliphatic rings. The molecule has 0 fully saturated rings. The molecule has 0 spiro atoms. The molecule has 7 nitrogen and oxygen atoms in total. The van der Waals surface area contributed by atoms with Crippen LogP contribution in [0.1, 0.15) is 19.8 Å². The number of rotatable bonds is 9. The normalized spacial score (nSPS) is 10.7. The predicted octanol–water partition coefficient (Wildman–Crippen LogP) is 1.12. The van der Waals surface area contributed by atoms with Crippen molar-refractivity contribution in [2.24, 2.45) is 0 Å². The number of hydrogen-bond donors (Lipinski definition) is 2. The Kier molecular flexibility index (Phi) is 7.00. The number of nitrogens with one attached hydrogen (secondary N) is 2. The van der Waals surface area contributed by atoms with Crippen LogP contribution in [0, 0.1) is 0 Å². The summed E-state index contributed by atoms with van der Waals surface area (Å²) in [6.07, 6.45) is 2.09. The van der Waals surface area contributed by atoms with E-state index in [1.807, 2.05) is 19.0 Å². The van der Waals surface area contributed by atoms with Crippen molar-refractivity contribution in [3.63, 3.8) is 0 Å². The van der Waals surface area contributed by atoms with Crippen LogP contribution in [0.3, 0.4) is 0 Å². The van der Waals surface area contributed by atoms with Crippen molar-refractivity contribution < 1.29 is 0 Å². The van der Waals surface area contributed by atoms with Gasteiger partial charge in [-0.05, 0) is 33.5 Å². The molecule has 20 heavy (non-hydrogen) atoms. The van der Waals surface area contributed by atoms with Gasteiger partial charge in [-0.3, -0.25) is 0 Å². The van der Waals surface area contributed by atoms with Crippen molar-refractivity contribution in [2.45, 2.75) is 19.8 Å². The Hall–Kier alpha value is -1.63. The molecule has 1 aromatic rings. The largest absolute Gasteiger partial charge is 0.354 e. The molecule has 0 saturated carbocycles. The van der Waals surface area contributed by atoms with E-state index in [1.165, 1.54) is 0 Å². The van der Waals surface area contributed by atoms with Crippen molar-refractivity contribution in [1.29, 1.82) is 0 Å². The van der Waals surface area contributed by atoms with Crippen LogP contribution in [0.15, 0.2) is 0 Å². The molecule has 1 rings (SSSR count). The van der Waals surface area contributed by atoms with Crippen molar-refractivity contribution in [3.05, 3.63) is 0 Å². The van der Waals surface area contributed by atoms with Gasteiger partial charge >= 0.3 is 0 Å². The fourth-order valence-corrected chi connectivity index (χ4v) is 1.56. The van der Waals surface area contributed by atoms with Crippen molar-refractivity contribution in [3.8, 4) is 0 Å². The summed E-state index contributed by atoms with van der Waals surface area (Å²) in [4.78, 5) is 17.2. The zero-order valence-electron chi connectivity index (χ0n) is 13.3. The molecule has 2 N–H and O–H groups in total. The lowest BCUT2D eigenvalue weighted by Crippen LogP contribution is -2.19. The number of nitrogens with zero attached hydrogens (tertiary/aromatic N) is 5. The summed E-state index contributed by atoms with van der Waals surface area (Å²) < 4.78 is 0. The Morgan fingerprint density at radius 3 is 2.00 bits per heavy atom. The number of hydrogen-bond acceptors (Lipinski definition) is 7. The average molecular weight is 281 g/mol. The van der Waals surface area contributed by atoms with Gasteiger partial charge in [0.1, 0.15) is 0 Å². The minimum atomic E-state index is 0.626. The third kappa shape index (κ3) is 6.01. The van der Waals surface area contributed by atoms with E-state index in [4.69, 9.17) is 0 Å². The number of aromatic nitrogens is 3. The Bertz CT molecular complexity index is 392. The highest BCUT2D eigenvalue weighted by molar-refractivity contribution is 5.42. The zero-order chi connectivity index (χ0) is 15.0. The van der Waals surface area contributed by atoms with E-state index in [1.54, 1.807) is 0 Å². The Morgan fingerprint density at radius 2 is 1.50 bits per heavy atom. The fourth-order valence-electron chi connectivity index (χ4n) is 1.56. The fraction of sp³-hybridized carbons (Fsp3) is 0.769. The van der Waals surface area contributed by atoms with Crippen LogP contribution in [0.25, 0.3) is 0 Å². The minimum absolute atomic E-state index is 0.626. The van der Waals surface area contributed by atoms with E-state index in [9.17, 15) is 0 Å². The molecule has 0 bridgehead atoms. The summed E-state index contributed by atoms with van der Waals surface area (Å²) in [6.45, 7) is 4.86. The Labute approximate surface area is 121 Å². The van der Waals surface area contributed by atoms with Crippen LogP contribution in [-0.2, 0) is 0 Å². The van der Waals surface area contributed by atoms with Crippen LogP contribution in [0.4, 0.5) is 17.8 Å². The Balaban J connectivity index is 2.65. The van der Waals surface area contributed by atoms with Gasteiger partial charge in [-0.25, -0.2) is 0 Å². The second-order valence-corrected chi connectivity index (χ2v) is 5.19. The van der Waals surface area contributed by atoms with Gasteiger partial charge in [-0.1, -0.05) is 6.92 Å². The van der Waals surface area contributed by atoms with Gasteiger partial charge in [0.25, 0.3) is 0 Å². The molecule has 0 unspecified atom stereocenters. The van der Waals surface area contributed by atoms with Gasteiger partial charge < -0.3 is 20.4 Å². The lowest BCUT2D eigenvalue weighted by atomic mass is 10.4. The maximum atomic E-state index is 4.40. The van der Waals surface area contributed by atoms with E-state index >= 15 is 0 Å². The molecule has 0 radical (unpaired) electrons. The van der Waals surface area contributed by atoms with E-state index in [0.717, 1.165) is 32.5 Å². The van der Waals surface area contributed by atoms with Crippen LogP contribution < -0.4 is 15.5 Å². The lowest BCUT2D eigenvalue weighted by Gasteiger charge is -2.14. The van der Waals surface area contributed by atoms with E-state index in [-0.39, 0.29) is 0 Å². The van der Waals surface area contributed by atoms with E-state index in [0.29, 0.717) is 17.8 Å². The van der Waals surface area contributed by atoms with Gasteiger partial charge in [0.2, 0.25) is 17.8 Å². The van der Waals surface area contributed by atoms with Gasteiger partial charge in [0, 0.05) is 27.2 Å². The molecular weight excluding hydrogens is 254 g/mol. The predicted molar refractivity (Wildman–Crippen MR) is 84.6 cm³/mol. The SMILES string of the molecule is CCCNc1nc(NCCCN(C)C)nc(N(C)C)n1. The second kappa shape index (κ2) is 8.52. The van der Waals surface area contributed by atoms with E-state index < -0.39 is 0 Å². The third-order valence-corrected chi connectivity index (χ3v) is 2.62. The monoisotopic (exact) mass is 281 g/mol. The quantitative estimate of drug-likeness (QED) is 0.657. The molecule has 0 saturated heterocycles. The van der Waals surface area contributed by atoms with Crippen molar-refractivity contribution >= 4 is 17.8 Å². The first-order valence-electron chi connectivity index (χ1n) is 7.08.